The van der Waals surface area contributed by atoms with Crippen LogP contribution in [0.5, 0.6) is 0 Å². The first-order valence-corrected chi connectivity index (χ1v) is 7.41. The van der Waals surface area contributed by atoms with Gasteiger partial charge in [-0.3, -0.25) is 0 Å². The van der Waals surface area contributed by atoms with Crippen LogP contribution in [0, 0.1) is 5.92 Å². The quantitative estimate of drug-likeness (QED) is 0.770. The SMILES string of the molecule is CC1CCCC(O)(Cc2c(Cl)cccc2Cl)CC1. The molecule has 1 nitrogen and oxygen atoms in total. The van der Waals surface area contributed by atoms with Gasteiger partial charge in [0.15, 0.2) is 0 Å². The highest BCUT2D eigenvalue weighted by Gasteiger charge is 2.31. The van der Waals surface area contributed by atoms with E-state index in [1.165, 1.54) is 6.42 Å². The Morgan fingerprint density at radius 3 is 2.56 bits per heavy atom. The van der Waals surface area contributed by atoms with E-state index in [9.17, 15) is 5.11 Å². The van der Waals surface area contributed by atoms with Crippen LogP contribution in [0.25, 0.3) is 0 Å². The van der Waals surface area contributed by atoms with E-state index in [4.69, 9.17) is 23.2 Å². The zero-order valence-corrected chi connectivity index (χ0v) is 12.3. The molecule has 18 heavy (non-hydrogen) atoms. The van der Waals surface area contributed by atoms with Crippen molar-refractivity contribution in [2.24, 2.45) is 5.92 Å². The maximum Gasteiger partial charge on any atom is 0.0689 e. The molecular formula is C15H20Cl2O. The lowest BCUT2D eigenvalue weighted by Gasteiger charge is -2.27. The number of hydrogen-bond acceptors (Lipinski definition) is 1. The summed E-state index contributed by atoms with van der Waals surface area (Å²) in [5.74, 6) is 0.709. The normalized spacial score (nSPS) is 29.0. The molecule has 3 heteroatoms. The first kappa shape index (κ1) is 14.2. The topological polar surface area (TPSA) is 20.2 Å². The lowest BCUT2D eigenvalue weighted by molar-refractivity contribution is 0.0244. The molecule has 100 valence electrons. The minimum Gasteiger partial charge on any atom is -0.390 e. The van der Waals surface area contributed by atoms with Gasteiger partial charge in [0.05, 0.1) is 5.60 Å². The van der Waals surface area contributed by atoms with Gasteiger partial charge in [-0.2, -0.15) is 0 Å². The monoisotopic (exact) mass is 286 g/mol. The van der Waals surface area contributed by atoms with E-state index in [2.05, 4.69) is 6.92 Å². The van der Waals surface area contributed by atoms with Crippen molar-refractivity contribution >= 4 is 23.2 Å². The standard InChI is InChI=1S/C15H20Cl2O/c1-11-4-3-8-15(18,9-7-11)10-12-13(16)5-2-6-14(12)17/h2,5-6,11,18H,3-4,7-10H2,1H3. The molecule has 1 saturated carbocycles. The summed E-state index contributed by atoms with van der Waals surface area (Å²) in [4.78, 5) is 0. The van der Waals surface area contributed by atoms with Gasteiger partial charge in [0.2, 0.25) is 0 Å². The molecule has 1 N–H and O–H groups in total. The molecule has 0 amide bonds. The Balaban J connectivity index is 2.16. The van der Waals surface area contributed by atoms with Crippen LogP contribution in [0.4, 0.5) is 0 Å². The van der Waals surface area contributed by atoms with Gasteiger partial charge in [-0.1, -0.05) is 49.0 Å². The summed E-state index contributed by atoms with van der Waals surface area (Å²) in [6, 6.07) is 5.52. The van der Waals surface area contributed by atoms with Crippen LogP contribution < -0.4 is 0 Å². The van der Waals surface area contributed by atoms with Crippen molar-refractivity contribution in [2.45, 2.75) is 51.0 Å². The first-order valence-electron chi connectivity index (χ1n) is 6.65. The van der Waals surface area contributed by atoms with E-state index < -0.39 is 5.60 Å². The number of rotatable bonds is 2. The highest BCUT2D eigenvalue weighted by molar-refractivity contribution is 6.36. The summed E-state index contributed by atoms with van der Waals surface area (Å²) in [5.41, 5.74) is 0.247. The molecule has 1 aromatic rings. The Kier molecular flexibility index (Phi) is 4.58. The van der Waals surface area contributed by atoms with Crippen molar-refractivity contribution < 1.29 is 5.11 Å². The van der Waals surface area contributed by atoms with E-state index in [1.54, 1.807) is 0 Å². The third-order valence-electron chi connectivity index (χ3n) is 4.01. The molecule has 2 rings (SSSR count). The van der Waals surface area contributed by atoms with Crippen molar-refractivity contribution in [2.75, 3.05) is 0 Å². The zero-order chi connectivity index (χ0) is 13.2. The molecule has 0 saturated heterocycles. The van der Waals surface area contributed by atoms with Crippen molar-refractivity contribution in [3.63, 3.8) is 0 Å². The summed E-state index contributed by atoms with van der Waals surface area (Å²) >= 11 is 12.4. The number of benzene rings is 1. The predicted octanol–water partition coefficient (Wildman–Crippen LogP) is 4.87. The van der Waals surface area contributed by atoms with Crippen molar-refractivity contribution in [3.8, 4) is 0 Å². The van der Waals surface area contributed by atoms with Gasteiger partial charge < -0.3 is 5.11 Å². The molecule has 0 bridgehead atoms. The van der Waals surface area contributed by atoms with Gasteiger partial charge in [0, 0.05) is 16.5 Å². The minimum atomic E-state index is -0.639. The summed E-state index contributed by atoms with van der Waals surface area (Å²) in [7, 11) is 0. The van der Waals surface area contributed by atoms with Crippen LogP contribution >= 0.6 is 23.2 Å². The summed E-state index contributed by atoms with van der Waals surface area (Å²) in [6.45, 7) is 2.26. The second-order valence-electron chi connectivity index (χ2n) is 5.64. The van der Waals surface area contributed by atoms with Crippen LogP contribution in [0.2, 0.25) is 10.0 Å². The molecule has 1 aliphatic rings. The largest absolute Gasteiger partial charge is 0.390 e. The Morgan fingerprint density at radius 1 is 1.22 bits per heavy atom. The van der Waals surface area contributed by atoms with Crippen molar-refractivity contribution in [3.05, 3.63) is 33.8 Å². The summed E-state index contributed by atoms with van der Waals surface area (Å²) in [6.07, 6.45) is 5.63. The van der Waals surface area contributed by atoms with Crippen LogP contribution in [0.15, 0.2) is 18.2 Å². The van der Waals surface area contributed by atoms with E-state index >= 15 is 0 Å². The maximum atomic E-state index is 10.8. The second-order valence-corrected chi connectivity index (χ2v) is 6.45. The molecule has 1 aliphatic carbocycles. The molecule has 0 aromatic heterocycles. The fourth-order valence-corrected chi connectivity index (χ4v) is 3.30. The molecule has 1 fully saturated rings. The zero-order valence-electron chi connectivity index (χ0n) is 10.8. The van der Waals surface area contributed by atoms with Crippen LogP contribution in [-0.4, -0.2) is 10.7 Å². The summed E-state index contributed by atoms with van der Waals surface area (Å²) in [5, 5.41) is 12.1. The molecule has 0 spiro atoms. The fourth-order valence-electron chi connectivity index (χ4n) is 2.77. The molecule has 1 aromatic carbocycles. The van der Waals surface area contributed by atoms with E-state index in [1.807, 2.05) is 18.2 Å². The molecule has 2 atom stereocenters. The van der Waals surface area contributed by atoms with Gasteiger partial charge in [-0.15, -0.1) is 0 Å². The third-order valence-corrected chi connectivity index (χ3v) is 4.72. The smallest absolute Gasteiger partial charge is 0.0689 e. The number of aliphatic hydroxyl groups is 1. The maximum absolute atomic E-state index is 10.8. The Morgan fingerprint density at radius 2 is 1.89 bits per heavy atom. The van der Waals surface area contributed by atoms with Crippen molar-refractivity contribution in [1.29, 1.82) is 0 Å². The molecule has 0 radical (unpaired) electrons. The fraction of sp³-hybridized carbons (Fsp3) is 0.600. The molecular weight excluding hydrogens is 267 g/mol. The lowest BCUT2D eigenvalue weighted by Crippen LogP contribution is -2.31. The van der Waals surface area contributed by atoms with Gasteiger partial charge in [0.25, 0.3) is 0 Å². The van der Waals surface area contributed by atoms with Crippen LogP contribution in [-0.2, 0) is 6.42 Å². The molecule has 2 unspecified atom stereocenters. The van der Waals surface area contributed by atoms with Crippen molar-refractivity contribution in [1.82, 2.24) is 0 Å². The minimum absolute atomic E-state index is 0.568. The second kappa shape index (κ2) is 5.81. The van der Waals surface area contributed by atoms with E-state index in [-0.39, 0.29) is 0 Å². The van der Waals surface area contributed by atoms with Gasteiger partial charge >= 0.3 is 0 Å². The Hall–Kier alpha value is -0.240. The van der Waals surface area contributed by atoms with E-state index in [0.29, 0.717) is 22.4 Å². The summed E-state index contributed by atoms with van der Waals surface area (Å²) < 4.78 is 0. The highest BCUT2D eigenvalue weighted by Crippen LogP contribution is 2.36. The number of halogens is 2. The molecule has 0 aliphatic heterocycles. The van der Waals surface area contributed by atoms with Crippen LogP contribution in [0.1, 0.15) is 44.6 Å². The van der Waals surface area contributed by atoms with Gasteiger partial charge in [0.1, 0.15) is 0 Å². The third kappa shape index (κ3) is 3.40. The highest BCUT2D eigenvalue weighted by atomic mass is 35.5. The average molecular weight is 287 g/mol. The predicted molar refractivity (Wildman–Crippen MR) is 77.4 cm³/mol. The first-order chi connectivity index (χ1) is 8.50. The van der Waals surface area contributed by atoms with Crippen LogP contribution in [0.3, 0.4) is 0 Å². The lowest BCUT2D eigenvalue weighted by atomic mass is 9.87. The Labute approximate surface area is 119 Å². The number of hydrogen-bond donors (Lipinski definition) is 1. The van der Waals surface area contributed by atoms with Gasteiger partial charge in [-0.25, -0.2) is 0 Å². The Bertz CT molecular complexity index is 399. The molecule has 0 heterocycles. The van der Waals surface area contributed by atoms with E-state index in [0.717, 1.165) is 31.2 Å². The van der Waals surface area contributed by atoms with Gasteiger partial charge in [-0.05, 0) is 42.9 Å². The average Bonchev–Trinajstić information content (AvgIpc) is 2.47.